The Balaban J connectivity index is 3.01. The number of rotatable bonds is 4. The van der Waals surface area contributed by atoms with Crippen LogP contribution in [0.3, 0.4) is 0 Å². The smallest absolute Gasteiger partial charge is 0.144 e. The standard InChI is InChI=1S/C11H18N2O/c1-4-13(3)10-7-6-9(12)8-11(10)14-5-2/h6-8H,4-5,12H2,1-3H3. The van der Waals surface area contributed by atoms with Crippen molar-refractivity contribution in [3.8, 4) is 5.75 Å². The van der Waals surface area contributed by atoms with E-state index in [-0.39, 0.29) is 0 Å². The van der Waals surface area contributed by atoms with Gasteiger partial charge in [0.2, 0.25) is 0 Å². The quantitative estimate of drug-likeness (QED) is 0.746. The number of hydrogen-bond donors (Lipinski definition) is 1. The Kier molecular flexibility index (Phi) is 3.63. The number of hydrogen-bond acceptors (Lipinski definition) is 3. The van der Waals surface area contributed by atoms with Crippen molar-refractivity contribution in [2.75, 3.05) is 30.8 Å². The van der Waals surface area contributed by atoms with E-state index in [4.69, 9.17) is 10.5 Å². The van der Waals surface area contributed by atoms with E-state index in [0.29, 0.717) is 6.61 Å². The van der Waals surface area contributed by atoms with Crippen molar-refractivity contribution in [3.63, 3.8) is 0 Å². The summed E-state index contributed by atoms with van der Waals surface area (Å²) in [6.07, 6.45) is 0. The molecule has 0 saturated heterocycles. The Hall–Kier alpha value is -1.38. The van der Waals surface area contributed by atoms with Gasteiger partial charge < -0.3 is 15.4 Å². The van der Waals surface area contributed by atoms with Crippen LogP contribution in [-0.4, -0.2) is 20.2 Å². The third kappa shape index (κ3) is 2.31. The summed E-state index contributed by atoms with van der Waals surface area (Å²) in [5.74, 6) is 0.858. The average molecular weight is 194 g/mol. The second-order valence-corrected chi connectivity index (χ2v) is 3.17. The van der Waals surface area contributed by atoms with Crippen molar-refractivity contribution < 1.29 is 4.74 Å². The Morgan fingerprint density at radius 2 is 2.07 bits per heavy atom. The van der Waals surface area contributed by atoms with Gasteiger partial charge in [-0.1, -0.05) is 0 Å². The van der Waals surface area contributed by atoms with Gasteiger partial charge in [0.15, 0.2) is 0 Å². The number of ether oxygens (including phenoxy) is 1. The first kappa shape index (κ1) is 10.7. The van der Waals surface area contributed by atoms with Crippen molar-refractivity contribution in [3.05, 3.63) is 18.2 Å². The Labute approximate surface area is 85.5 Å². The van der Waals surface area contributed by atoms with E-state index in [1.165, 1.54) is 0 Å². The van der Waals surface area contributed by atoms with Gasteiger partial charge in [0.05, 0.1) is 12.3 Å². The van der Waals surface area contributed by atoms with Crippen molar-refractivity contribution in [1.82, 2.24) is 0 Å². The van der Waals surface area contributed by atoms with E-state index in [0.717, 1.165) is 23.7 Å². The summed E-state index contributed by atoms with van der Waals surface area (Å²) in [5, 5.41) is 0. The third-order valence-electron chi connectivity index (χ3n) is 2.17. The fourth-order valence-corrected chi connectivity index (χ4v) is 1.29. The lowest BCUT2D eigenvalue weighted by molar-refractivity contribution is 0.341. The molecule has 0 aromatic heterocycles. The fourth-order valence-electron chi connectivity index (χ4n) is 1.29. The molecule has 0 aliphatic rings. The van der Waals surface area contributed by atoms with E-state index in [9.17, 15) is 0 Å². The van der Waals surface area contributed by atoms with Crippen LogP contribution in [0.5, 0.6) is 5.75 Å². The van der Waals surface area contributed by atoms with Crippen LogP contribution in [0.4, 0.5) is 11.4 Å². The van der Waals surface area contributed by atoms with E-state index in [1.54, 1.807) is 0 Å². The number of nitrogens with zero attached hydrogens (tertiary/aromatic N) is 1. The molecule has 0 bridgehead atoms. The molecule has 0 aliphatic carbocycles. The molecular weight excluding hydrogens is 176 g/mol. The number of benzene rings is 1. The molecular formula is C11H18N2O. The van der Waals surface area contributed by atoms with Crippen LogP contribution >= 0.6 is 0 Å². The molecule has 0 heterocycles. The van der Waals surface area contributed by atoms with Gasteiger partial charge in [0, 0.05) is 25.3 Å². The first-order valence-corrected chi connectivity index (χ1v) is 4.92. The second-order valence-electron chi connectivity index (χ2n) is 3.17. The van der Waals surface area contributed by atoms with E-state index >= 15 is 0 Å². The summed E-state index contributed by atoms with van der Waals surface area (Å²) in [5.41, 5.74) is 7.53. The summed E-state index contributed by atoms with van der Waals surface area (Å²) in [4.78, 5) is 2.13. The third-order valence-corrected chi connectivity index (χ3v) is 2.17. The fraction of sp³-hybridized carbons (Fsp3) is 0.455. The highest BCUT2D eigenvalue weighted by atomic mass is 16.5. The maximum absolute atomic E-state index is 5.70. The summed E-state index contributed by atoms with van der Waals surface area (Å²) >= 11 is 0. The highest BCUT2D eigenvalue weighted by Gasteiger charge is 2.06. The number of nitrogens with two attached hydrogens (primary N) is 1. The first-order valence-electron chi connectivity index (χ1n) is 4.92. The molecule has 1 rings (SSSR count). The predicted molar refractivity (Wildman–Crippen MR) is 61.0 cm³/mol. The molecule has 0 unspecified atom stereocenters. The largest absolute Gasteiger partial charge is 0.492 e. The Bertz CT molecular complexity index is 299. The molecule has 0 aliphatic heterocycles. The lowest BCUT2D eigenvalue weighted by atomic mass is 10.2. The molecule has 14 heavy (non-hydrogen) atoms. The molecule has 3 nitrogen and oxygen atoms in total. The molecule has 2 N–H and O–H groups in total. The van der Waals surface area contributed by atoms with Crippen LogP contribution in [0.15, 0.2) is 18.2 Å². The Morgan fingerprint density at radius 1 is 1.36 bits per heavy atom. The zero-order chi connectivity index (χ0) is 10.6. The van der Waals surface area contributed by atoms with Gasteiger partial charge in [-0.05, 0) is 26.0 Å². The van der Waals surface area contributed by atoms with Crippen molar-refractivity contribution >= 4 is 11.4 Å². The highest BCUT2D eigenvalue weighted by molar-refractivity contribution is 5.63. The van der Waals surface area contributed by atoms with E-state index in [1.807, 2.05) is 32.2 Å². The van der Waals surface area contributed by atoms with Gasteiger partial charge in [-0.3, -0.25) is 0 Å². The van der Waals surface area contributed by atoms with Crippen LogP contribution in [0.25, 0.3) is 0 Å². The number of nitrogen functional groups attached to an aromatic ring is 1. The predicted octanol–water partition coefficient (Wildman–Crippen LogP) is 2.12. The summed E-state index contributed by atoms with van der Waals surface area (Å²) in [6.45, 7) is 5.68. The lowest BCUT2D eigenvalue weighted by Gasteiger charge is -2.20. The molecule has 78 valence electrons. The molecule has 1 aromatic rings. The number of anilines is 2. The molecule has 0 spiro atoms. The monoisotopic (exact) mass is 194 g/mol. The Morgan fingerprint density at radius 3 is 2.64 bits per heavy atom. The van der Waals surface area contributed by atoms with Crippen LogP contribution in [0, 0.1) is 0 Å². The van der Waals surface area contributed by atoms with Gasteiger partial charge in [-0.15, -0.1) is 0 Å². The summed E-state index contributed by atoms with van der Waals surface area (Å²) in [6, 6.07) is 5.75. The molecule has 0 radical (unpaired) electrons. The summed E-state index contributed by atoms with van der Waals surface area (Å²) in [7, 11) is 2.04. The van der Waals surface area contributed by atoms with E-state index in [2.05, 4.69) is 11.8 Å². The van der Waals surface area contributed by atoms with Gasteiger partial charge in [-0.25, -0.2) is 0 Å². The van der Waals surface area contributed by atoms with Crippen LogP contribution in [0.2, 0.25) is 0 Å². The van der Waals surface area contributed by atoms with Gasteiger partial charge in [0.25, 0.3) is 0 Å². The SMILES string of the molecule is CCOc1cc(N)ccc1N(C)CC. The van der Waals surface area contributed by atoms with Crippen LogP contribution in [-0.2, 0) is 0 Å². The molecule has 0 atom stereocenters. The molecule has 3 heteroatoms. The van der Waals surface area contributed by atoms with Crippen LogP contribution in [0.1, 0.15) is 13.8 Å². The van der Waals surface area contributed by atoms with E-state index < -0.39 is 0 Å². The topological polar surface area (TPSA) is 38.5 Å². The maximum atomic E-state index is 5.70. The second kappa shape index (κ2) is 4.74. The van der Waals surface area contributed by atoms with Gasteiger partial charge in [0.1, 0.15) is 5.75 Å². The minimum Gasteiger partial charge on any atom is -0.492 e. The molecule has 0 amide bonds. The molecule has 0 saturated carbocycles. The van der Waals surface area contributed by atoms with Crippen molar-refractivity contribution in [2.24, 2.45) is 0 Å². The van der Waals surface area contributed by atoms with Gasteiger partial charge in [-0.2, -0.15) is 0 Å². The van der Waals surface area contributed by atoms with Gasteiger partial charge >= 0.3 is 0 Å². The first-order chi connectivity index (χ1) is 6.69. The lowest BCUT2D eigenvalue weighted by Crippen LogP contribution is -2.17. The average Bonchev–Trinajstić information content (AvgIpc) is 2.17. The minimum atomic E-state index is 0.661. The van der Waals surface area contributed by atoms with Crippen molar-refractivity contribution in [1.29, 1.82) is 0 Å². The normalized spacial score (nSPS) is 9.93. The molecule has 0 fully saturated rings. The highest BCUT2D eigenvalue weighted by Crippen LogP contribution is 2.29. The zero-order valence-corrected chi connectivity index (χ0v) is 9.08. The van der Waals surface area contributed by atoms with Crippen molar-refractivity contribution in [2.45, 2.75) is 13.8 Å². The summed E-state index contributed by atoms with van der Waals surface area (Å²) < 4.78 is 5.52. The van der Waals surface area contributed by atoms with Crippen LogP contribution < -0.4 is 15.4 Å². The molecule has 1 aromatic carbocycles. The minimum absolute atomic E-state index is 0.661. The zero-order valence-electron chi connectivity index (χ0n) is 9.08. The maximum Gasteiger partial charge on any atom is 0.144 e.